The van der Waals surface area contributed by atoms with E-state index in [1.807, 2.05) is 0 Å². The summed E-state index contributed by atoms with van der Waals surface area (Å²) in [5, 5.41) is 0. The summed E-state index contributed by atoms with van der Waals surface area (Å²) in [5.74, 6) is -4.69. The van der Waals surface area contributed by atoms with E-state index in [0.29, 0.717) is 13.0 Å². The molecule has 100 valence electrons. The van der Waals surface area contributed by atoms with Gasteiger partial charge >= 0.3 is 6.18 Å². The van der Waals surface area contributed by atoms with Crippen LogP contribution in [0.3, 0.4) is 0 Å². The van der Waals surface area contributed by atoms with Crippen molar-refractivity contribution in [1.82, 2.24) is 0 Å². The number of ketones is 1. The van der Waals surface area contributed by atoms with E-state index in [4.69, 9.17) is 5.73 Å². The van der Waals surface area contributed by atoms with Crippen LogP contribution in [0.15, 0.2) is 16.6 Å². The molecule has 0 spiro atoms. The molecule has 0 aliphatic rings. The molecular formula is C10H7BrF5NO. The first kappa shape index (κ1) is 15.0. The third-order valence-electron chi connectivity index (χ3n) is 2.33. The van der Waals surface area contributed by atoms with E-state index in [-0.39, 0.29) is 4.47 Å². The van der Waals surface area contributed by atoms with Gasteiger partial charge in [-0.3, -0.25) is 4.79 Å². The van der Waals surface area contributed by atoms with Gasteiger partial charge in [-0.05, 0) is 35.0 Å². The topological polar surface area (TPSA) is 43.1 Å². The normalized spacial score (nSPS) is 15.3. The van der Waals surface area contributed by atoms with Crippen LogP contribution in [0.1, 0.15) is 17.3 Å². The van der Waals surface area contributed by atoms with Crippen LogP contribution in [0, 0.1) is 11.6 Å². The predicted octanol–water partition coefficient (Wildman–Crippen LogP) is 3.19. The Morgan fingerprint density at radius 2 is 1.78 bits per heavy atom. The van der Waals surface area contributed by atoms with Gasteiger partial charge in [0, 0.05) is 0 Å². The minimum absolute atomic E-state index is 0.328. The van der Waals surface area contributed by atoms with Crippen LogP contribution in [-0.4, -0.2) is 17.5 Å². The summed E-state index contributed by atoms with van der Waals surface area (Å²) < 4.78 is 64.1. The Hall–Kier alpha value is -1.02. The molecule has 0 aliphatic carbocycles. The lowest BCUT2D eigenvalue weighted by Crippen LogP contribution is -2.57. The van der Waals surface area contributed by atoms with Crippen molar-refractivity contribution in [2.45, 2.75) is 18.6 Å². The van der Waals surface area contributed by atoms with Crippen LogP contribution >= 0.6 is 15.9 Å². The average Bonchev–Trinajstić information content (AvgIpc) is 2.22. The SMILES string of the molecule is CC(N)(C(=O)c1c(F)ccc(Br)c1F)C(F)(F)F. The largest absolute Gasteiger partial charge is 0.413 e. The highest BCUT2D eigenvalue weighted by molar-refractivity contribution is 9.10. The number of alkyl halides is 3. The van der Waals surface area contributed by atoms with Gasteiger partial charge in [0.1, 0.15) is 5.82 Å². The second-order valence-electron chi connectivity index (χ2n) is 3.75. The number of carbonyl (C=O) groups excluding carboxylic acids is 1. The molecule has 0 fully saturated rings. The molecule has 0 bridgehead atoms. The van der Waals surface area contributed by atoms with Gasteiger partial charge in [-0.25, -0.2) is 8.78 Å². The lowest BCUT2D eigenvalue weighted by molar-refractivity contribution is -0.166. The highest BCUT2D eigenvalue weighted by Gasteiger charge is 2.55. The van der Waals surface area contributed by atoms with Crippen LogP contribution in [-0.2, 0) is 0 Å². The summed E-state index contributed by atoms with van der Waals surface area (Å²) in [7, 11) is 0. The van der Waals surface area contributed by atoms with Gasteiger partial charge in [0.2, 0.25) is 0 Å². The van der Waals surface area contributed by atoms with E-state index < -0.39 is 34.7 Å². The number of halogens is 6. The second-order valence-corrected chi connectivity index (χ2v) is 4.60. The van der Waals surface area contributed by atoms with Crippen molar-refractivity contribution in [3.63, 3.8) is 0 Å². The van der Waals surface area contributed by atoms with Gasteiger partial charge in [-0.1, -0.05) is 0 Å². The Morgan fingerprint density at radius 1 is 1.28 bits per heavy atom. The monoisotopic (exact) mass is 331 g/mol. The predicted molar refractivity (Wildman–Crippen MR) is 57.0 cm³/mol. The first-order valence-electron chi connectivity index (χ1n) is 4.54. The molecule has 0 radical (unpaired) electrons. The molecule has 2 nitrogen and oxygen atoms in total. The van der Waals surface area contributed by atoms with Gasteiger partial charge in [0.15, 0.2) is 17.1 Å². The maximum Gasteiger partial charge on any atom is 0.413 e. The molecule has 18 heavy (non-hydrogen) atoms. The Bertz CT molecular complexity index is 498. The maximum atomic E-state index is 13.5. The summed E-state index contributed by atoms with van der Waals surface area (Å²) in [6.45, 7) is 0.356. The fraction of sp³-hybridized carbons (Fsp3) is 0.300. The summed E-state index contributed by atoms with van der Waals surface area (Å²) >= 11 is 2.65. The molecule has 0 aliphatic heterocycles. The third kappa shape index (κ3) is 2.39. The van der Waals surface area contributed by atoms with Crippen molar-refractivity contribution in [2.24, 2.45) is 5.73 Å². The summed E-state index contributed by atoms with van der Waals surface area (Å²) in [6.07, 6.45) is -5.12. The Balaban J connectivity index is 3.41. The fourth-order valence-electron chi connectivity index (χ4n) is 1.12. The zero-order chi connectivity index (χ0) is 14.3. The highest BCUT2D eigenvalue weighted by Crippen LogP contribution is 2.33. The first-order chi connectivity index (χ1) is 8.00. The van der Waals surface area contributed by atoms with Crippen molar-refractivity contribution in [1.29, 1.82) is 0 Å². The molecule has 0 aromatic heterocycles. The van der Waals surface area contributed by atoms with Crippen molar-refractivity contribution in [3.8, 4) is 0 Å². The van der Waals surface area contributed by atoms with Gasteiger partial charge in [0.25, 0.3) is 0 Å². The van der Waals surface area contributed by atoms with Gasteiger partial charge in [0.05, 0.1) is 10.0 Å². The molecule has 0 saturated carbocycles. The molecule has 2 N–H and O–H groups in total. The summed E-state index contributed by atoms with van der Waals surface area (Å²) in [4.78, 5) is 11.6. The molecule has 1 aromatic rings. The smallest absolute Gasteiger partial charge is 0.311 e. The zero-order valence-corrected chi connectivity index (χ0v) is 10.5. The van der Waals surface area contributed by atoms with E-state index in [1.165, 1.54) is 0 Å². The standard InChI is InChI=1S/C10H7BrF5NO/c1-9(17,10(14,15)16)8(18)6-5(12)3-2-4(11)7(6)13/h2-3H,17H2,1H3. The van der Waals surface area contributed by atoms with E-state index >= 15 is 0 Å². The molecular weight excluding hydrogens is 325 g/mol. The van der Waals surface area contributed by atoms with Crippen molar-refractivity contribution in [2.75, 3.05) is 0 Å². The molecule has 0 heterocycles. The number of hydrogen-bond donors (Lipinski definition) is 1. The fourth-order valence-corrected chi connectivity index (χ4v) is 1.45. The van der Waals surface area contributed by atoms with Gasteiger partial charge in [-0.2, -0.15) is 13.2 Å². The van der Waals surface area contributed by atoms with Crippen LogP contribution < -0.4 is 5.73 Å². The third-order valence-corrected chi connectivity index (χ3v) is 2.94. The van der Waals surface area contributed by atoms with Gasteiger partial charge in [-0.15, -0.1) is 0 Å². The zero-order valence-electron chi connectivity index (χ0n) is 8.91. The Kier molecular flexibility index (Phi) is 3.83. The van der Waals surface area contributed by atoms with Crippen LogP contribution in [0.5, 0.6) is 0 Å². The number of Topliss-reactive ketones (excluding diaryl/α,β-unsaturated/α-hetero) is 1. The highest BCUT2D eigenvalue weighted by atomic mass is 79.9. The van der Waals surface area contributed by atoms with Crippen molar-refractivity contribution in [3.05, 3.63) is 33.8 Å². The lowest BCUT2D eigenvalue weighted by Gasteiger charge is -2.26. The number of carbonyl (C=O) groups is 1. The van der Waals surface area contributed by atoms with Crippen LogP contribution in [0.4, 0.5) is 22.0 Å². The molecule has 0 saturated heterocycles. The van der Waals surface area contributed by atoms with Crippen molar-refractivity contribution < 1.29 is 26.7 Å². The number of hydrogen-bond acceptors (Lipinski definition) is 2. The molecule has 0 amide bonds. The van der Waals surface area contributed by atoms with Crippen LogP contribution in [0.2, 0.25) is 0 Å². The van der Waals surface area contributed by atoms with E-state index in [0.717, 1.165) is 6.07 Å². The van der Waals surface area contributed by atoms with E-state index in [9.17, 15) is 26.7 Å². The molecule has 1 aromatic carbocycles. The maximum absolute atomic E-state index is 13.5. The van der Waals surface area contributed by atoms with Crippen LogP contribution in [0.25, 0.3) is 0 Å². The Morgan fingerprint density at radius 3 is 2.22 bits per heavy atom. The minimum atomic E-state index is -5.12. The number of benzene rings is 1. The average molecular weight is 332 g/mol. The number of rotatable bonds is 2. The molecule has 8 heteroatoms. The van der Waals surface area contributed by atoms with Crippen molar-refractivity contribution >= 4 is 21.7 Å². The number of nitrogens with two attached hydrogens (primary N) is 1. The first-order valence-corrected chi connectivity index (χ1v) is 5.33. The van der Waals surface area contributed by atoms with E-state index in [1.54, 1.807) is 0 Å². The molecule has 1 rings (SSSR count). The minimum Gasteiger partial charge on any atom is -0.311 e. The summed E-state index contributed by atoms with van der Waals surface area (Å²) in [6, 6.07) is 1.61. The molecule has 1 unspecified atom stereocenters. The lowest BCUT2D eigenvalue weighted by atomic mass is 9.91. The molecule has 1 atom stereocenters. The summed E-state index contributed by atoms with van der Waals surface area (Å²) in [5.41, 5.74) is 0.155. The Labute approximate surface area is 107 Å². The second kappa shape index (κ2) is 4.58. The van der Waals surface area contributed by atoms with Gasteiger partial charge < -0.3 is 5.73 Å². The van der Waals surface area contributed by atoms with E-state index in [2.05, 4.69) is 15.9 Å². The quantitative estimate of drug-likeness (QED) is 0.514.